The Labute approximate surface area is 89.8 Å². The summed E-state index contributed by atoms with van der Waals surface area (Å²) in [6.07, 6.45) is 0. The highest BCUT2D eigenvalue weighted by molar-refractivity contribution is 9.10. The van der Waals surface area contributed by atoms with E-state index < -0.39 is 5.51 Å². The molecule has 0 amide bonds. The summed E-state index contributed by atoms with van der Waals surface area (Å²) in [6, 6.07) is 6.74. The van der Waals surface area contributed by atoms with Crippen molar-refractivity contribution >= 4 is 37.5 Å². The number of hydrogen-bond acceptors (Lipinski definition) is 2. The molecule has 1 aromatic rings. The van der Waals surface area contributed by atoms with Gasteiger partial charge in [0, 0.05) is 20.2 Å². The summed E-state index contributed by atoms with van der Waals surface area (Å²) in [5, 5.41) is 0. The molecule has 0 radical (unpaired) electrons. The third-order valence-corrected chi connectivity index (χ3v) is 3.63. The second kappa shape index (κ2) is 4.61. The molecule has 0 nitrogen and oxygen atoms in total. The van der Waals surface area contributed by atoms with Crippen LogP contribution in [0.1, 0.15) is 0 Å². The van der Waals surface area contributed by atoms with Crippen molar-refractivity contribution in [2.75, 3.05) is 0 Å². The van der Waals surface area contributed by atoms with Crippen LogP contribution in [0.2, 0.25) is 0 Å². The minimum atomic E-state index is -4.19. The Morgan fingerprint density at radius 3 is 2.46 bits per heavy atom. The van der Waals surface area contributed by atoms with E-state index in [1.54, 1.807) is 24.3 Å². The van der Waals surface area contributed by atoms with E-state index >= 15 is 0 Å². The fourth-order valence-electron chi connectivity index (χ4n) is 0.614. The van der Waals surface area contributed by atoms with E-state index in [2.05, 4.69) is 15.9 Å². The van der Waals surface area contributed by atoms with E-state index in [1.807, 2.05) is 0 Å². The van der Waals surface area contributed by atoms with Crippen LogP contribution in [0.5, 0.6) is 0 Å². The maximum Gasteiger partial charge on any atom is 0.452 e. The molecule has 0 aliphatic rings. The van der Waals surface area contributed by atoms with Crippen LogP contribution in [-0.2, 0) is 0 Å². The van der Waals surface area contributed by atoms with Gasteiger partial charge < -0.3 is 0 Å². The van der Waals surface area contributed by atoms with Gasteiger partial charge in [-0.25, -0.2) is 0 Å². The van der Waals surface area contributed by atoms with E-state index in [0.717, 1.165) is 4.47 Å². The van der Waals surface area contributed by atoms with Gasteiger partial charge in [-0.2, -0.15) is 13.2 Å². The molecule has 0 saturated heterocycles. The summed E-state index contributed by atoms with van der Waals surface area (Å²) < 4.78 is 36.1. The highest BCUT2D eigenvalue weighted by Crippen LogP contribution is 2.44. The van der Waals surface area contributed by atoms with Gasteiger partial charge in [0.1, 0.15) is 0 Å². The average molecular weight is 289 g/mol. The Morgan fingerprint density at radius 2 is 1.92 bits per heavy atom. The van der Waals surface area contributed by atoms with Gasteiger partial charge in [-0.05, 0) is 29.0 Å². The Bertz CT molecular complexity index is 287. The van der Waals surface area contributed by atoms with Crippen LogP contribution in [0, 0.1) is 0 Å². The van der Waals surface area contributed by atoms with Crippen LogP contribution < -0.4 is 0 Å². The van der Waals surface area contributed by atoms with Crippen LogP contribution >= 0.6 is 37.5 Å². The Balaban J connectivity index is 2.55. The predicted octanol–water partition coefficient (Wildman–Crippen LogP) is 4.71. The number of alkyl halides is 3. The molecule has 0 N–H and O–H groups in total. The lowest BCUT2D eigenvalue weighted by molar-refractivity contribution is -0.0311. The van der Waals surface area contributed by atoms with Crippen molar-refractivity contribution in [2.24, 2.45) is 0 Å². The molecule has 0 spiro atoms. The first-order valence-electron chi connectivity index (χ1n) is 3.15. The maximum atomic E-state index is 11.8. The Kier molecular flexibility index (Phi) is 4.00. The molecule has 1 aromatic carbocycles. The van der Waals surface area contributed by atoms with Crippen LogP contribution in [0.25, 0.3) is 0 Å². The molecule has 0 unspecified atom stereocenters. The molecule has 0 heterocycles. The molecule has 0 atom stereocenters. The van der Waals surface area contributed by atoms with Gasteiger partial charge in [0.2, 0.25) is 0 Å². The standard InChI is InChI=1S/C7H4BrF3S2/c8-5-2-1-3-6(4-5)12-13-7(9,10)11/h1-4H. The monoisotopic (exact) mass is 288 g/mol. The van der Waals surface area contributed by atoms with Crippen molar-refractivity contribution in [3.63, 3.8) is 0 Å². The van der Waals surface area contributed by atoms with Crippen molar-refractivity contribution in [3.05, 3.63) is 28.7 Å². The summed E-state index contributed by atoms with van der Waals surface area (Å²) in [5.41, 5.74) is -4.19. The quantitative estimate of drug-likeness (QED) is 0.723. The maximum absolute atomic E-state index is 11.8. The third kappa shape index (κ3) is 4.83. The third-order valence-electron chi connectivity index (χ3n) is 1.03. The molecule has 0 aromatic heterocycles. The summed E-state index contributed by atoms with van der Waals surface area (Å²) in [6.45, 7) is 0. The van der Waals surface area contributed by atoms with Crippen molar-refractivity contribution in [1.29, 1.82) is 0 Å². The van der Waals surface area contributed by atoms with Gasteiger partial charge in [-0.3, -0.25) is 0 Å². The molecular weight excluding hydrogens is 285 g/mol. The second-order valence-corrected chi connectivity index (χ2v) is 5.25. The number of benzene rings is 1. The smallest absolute Gasteiger partial charge is 0.160 e. The number of halogens is 4. The van der Waals surface area contributed by atoms with Gasteiger partial charge in [0.15, 0.2) is 0 Å². The first-order valence-corrected chi connectivity index (χ1v) is 6.10. The van der Waals surface area contributed by atoms with Crippen LogP contribution in [0.4, 0.5) is 13.2 Å². The van der Waals surface area contributed by atoms with Gasteiger partial charge in [-0.1, -0.05) is 22.0 Å². The molecule has 0 bridgehead atoms. The SMILES string of the molecule is FC(F)(F)SSc1cccc(Br)c1. The highest BCUT2D eigenvalue weighted by atomic mass is 79.9. The van der Waals surface area contributed by atoms with Crippen molar-refractivity contribution in [2.45, 2.75) is 10.4 Å². The predicted molar refractivity (Wildman–Crippen MR) is 53.6 cm³/mol. The molecule has 0 aliphatic carbocycles. The lowest BCUT2D eigenvalue weighted by Gasteiger charge is -2.04. The van der Waals surface area contributed by atoms with E-state index in [9.17, 15) is 13.2 Å². The minimum absolute atomic E-state index is 0.109. The van der Waals surface area contributed by atoms with E-state index in [1.165, 1.54) is 0 Å². The van der Waals surface area contributed by atoms with E-state index in [4.69, 9.17) is 0 Å². The second-order valence-electron chi connectivity index (χ2n) is 2.07. The van der Waals surface area contributed by atoms with Gasteiger partial charge in [0.25, 0.3) is 0 Å². The minimum Gasteiger partial charge on any atom is -0.160 e. The molecule has 6 heteroatoms. The summed E-state index contributed by atoms with van der Waals surface area (Å²) >= 11 is 3.18. The molecular formula is C7H4BrF3S2. The van der Waals surface area contributed by atoms with E-state index in [0.29, 0.717) is 15.7 Å². The first-order chi connectivity index (χ1) is 5.97. The van der Waals surface area contributed by atoms with Crippen molar-refractivity contribution < 1.29 is 13.2 Å². The fourth-order valence-corrected chi connectivity index (χ4v) is 2.55. The van der Waals surface area contributed by atoms with Crippen LogP contribution in [0.3, 0.4) is 0 Å². The topological polar surface area (TPSA) is 0 Å². The Hall–Kier alpha value is 0.190. The molecule has 0 aliphatic heterocycles. The average Bonchev–Trinajstić information content (AvgIpc) is 2.00. The van der Waals surface area contributed by atoms with Crippen molar-refractivity contribution in [1.82, 2.24) is 0 Å². The van der Waals surface area contributed by atoms with Crippen LogP contribution in [-0.4, -0.2) is 5.51 Å². The van der Waals surface area contributed by atoms with E-state index in [-0.39, 0.29) is 10.8 Å². The summed E-state index contributed by atoms with van der Waals surface area (Å²) in [4.78, 5) is 0.580. The molecule has 1 rings (SSSR count). The molecule has 0 saturated carbocycles. The lowest BCUT2D eigenvalue weighted by Crippen LogP contribution is -1.95. The first kappa shape index (κ1) is 11.3. The molecule has 13 heavy (non-hydrogen) atoms. The lowest BCUT2D eigenvalue weighted by atomic mass is 10.4. The zero-order chi connectivity index (χ0) is 9.90. The summed E-state index contributed by atoms with van der Waals surface area (Å²) in [5.74, 6) is 0. The summed E-state index contributed by atoms with van der Waals surface area (Å²) in [7, 11) is 0.594. The zero-order valence-corrected chi connectivity index (χ0v) is 9.36. The van der Waals surface area contributed by atoms with Crippen LogP contribution in [0.15, 0.2) is 33.6 Å². The molecule has 72 valence electrons. The molecule has 0 fully saturated rings. The largest absolute Gasteiger partial charge is 0.452 e. The van der Waals surface area contributed by atoms with Gasteiger partial charge in [0.05, 0.1) is 0 Å². The van der Waals surface area contributed by atoms with Gasteiger partial charge in [-0.15, -0.1) is 0 Å². The fraction of sp³-hybridized carbons (Fsp3) is 0.143. The normalized spacial score (nSPS) is 11.7. The zero-order valence-electron chi connectivity index (χ0n) is 6.14. The van der Waals surface area contributed by atoms with Gasteiger partial charge >= 0.3 is 5.51 Å². The highest BCUT2D eigenvalue weighted by Gasteiger charge is 2.29. The Morgan fingerprint density at radius 1 is 1.23 bits per heavy atom. The number of rotatable bonds is 2. The number of hydrogen-bond donors (Lipinski definition) is 0. The van der Waals surface area contributed by atoms with Crippen molar-refractivity contribution in [3.8, 4) is 0 Å².